The average Bonchev–Trinajstić information content (AvgIpc) is 2.20. The number of carbonyl (C=O) groups is 2. The van der Waals surface area contributed by atoms with Crippen molar-refractivity contribution in [1.82, 2.24) is 10.6 Å². The van der Waals surface area contributed by atoms with Crippen LogP contribution in [0.5, 0.6) is 0 Å². The summed E-state index contributed by atoms with van der Waals surface area (Å²) in [6, 6.07) is 0. The van der Waals surface area contributed by atoms with E-state index in [1.54, 1.807) is 13.8 Å². The molecule has 2 N–H and O–H groups in total. The van der Waals surface area contributed by atoms with Crippen LogP contribution < -0.4 is 10.6 Å². The van der Waals surface area contributed by atoms with Crippen molar-refractivity contribution in [3.05, 3.63) is 12.7 Å². The fourth-order valence-corrected chi connectivity index (χ4v) is 0.740. The first-order chi connectivity index (χ1) is 7.07. The smallest absolute Gasteiger partial charge is 0.407 e. The van der Waals surface area contributed by atoms with Gasteiger partial charge in [-0.25, -0.2) is 4.79 Å². The predicted octanol–water partition coefficient (Wildman–Crippen LogP) is 0.671. The van der Waals surface area contributed by atoms with Gasteiger partial charge in [-0.15, -0.1) is 0 Å². The van der Waals surface area contributed by atoms with Gasteiger partial charge in [0.15, 0.2) is 0 Å². The third-order valence-electron chi connectivity index (χ3n) is 1.55. The maximum absolute atomic E-state index is 11.1. The van der Waals surface area contributed by atoms with E-state index in [0.717, 1.165) is 0 Å². The van der Waals surface area contributed by atoms with Crippen LogP contribution in [0.15, 0.2) is 12.7 Å². The van der Waals surface area contributed by atoms with E-state index in [-0.39, 0.29) is 18.4 Å². The lowest BCUT2D eigenvalue weighted by Crippen LogP contribution is -2.36. The fraction of sp³-hybridized carbons (Fsp3) is 0.600. The van der Waals surface area contributed by atoms with Crippen molar-refractivity contribution in [2.45, 2.75) is 13.8 Å². The van der Waals surface area contributed by atoms with E-state index in [0.29, 0.717) is 13.1 Å². The Morgan fingerprint density at radius 1 is 1.33 bits per heavy atom. The van der Waals surface area contributed by atoms with Crippen LogP contribution in [-0.4, -0.2) is 31.7 Å². The highest BCUT2D eigenvalue weighted by atomic mass is 16.5. The Kier molecular flexibility index (Phi) is 7.05. The maximum Gasteiger partial charge on any atom is 0.407 e. The molecule has 0 aliphatic rings. The largest absolute Gasteiger partial charge is 0.445 e. The molecule has 0 aromatic heterocycles. The number of carbonyl (C=O) groups excluding carboxylic acids is 2. The van der Waals surface area contributed by atoms with Gasteiger partial charge in [0, 0.05) is 19.0 Å². The summed E-state index contributed by atoms with van der Waals surface area (Å²) in [6.45, 7) is 7.97. The molecule has 0 aliphatic heterocycles. The van der Waals surface area contributed by atoms with Crippen molar-refractivity contribution >= 4 is 12.0 Å². The van der Waals surface area contributed by atoms with Gasteiger partial charge in [0.05, 0.1) is 0 Å². The van der Waals surface area contributed by atoms with Crippen molar-refractivity contribution in [2.24, 2.45) is 5.92 Å². The Bertz CT molecular complexity index is 227. The first-order valence-corrected chi connectivity index (χ1v) is 4.87. The summed E-state index contributed by atoms with van der Waals surface area (Å²) in [4.78, 5) is 22.0. The highest BCUT2D eigenvalue weighted by molar-refractivity contribution is 5.77. The Labute approximate surface area is 89.9 Å². The summed E-state index contributed by atoms with van der Waals surface area (Å²) in [5, 5.41) is 5.15. The van der Waals surface area contributed by atoms with Gasteiger partial charge >= 0.3 is 6.09 Å². The molecule has 0 unspecified atom stereocenters. The first kappa shape index (κ1) is 13.5. The van der Waals surface area contributed by atoms with Crippen molar-refractivity contribution in [1.29, 1.82) is 0 Å². The molecule has 0 heterocycles. The van der Waals surface area contributed by atoms with E-state index in [1.165, 1.54) is 6.08 Å². The van der Waals surface area contributed by atoms with Gasteiger partial charge in [-0.05, 0) is 0 Å². The van der Waals surface area contributed by atoms with Gasteiger partial charge in [0.1, 0.15) is 6.61 Å². The lowest BCUT2D eigenvalue weighted by molar-refractivity contribution is -0.123. The minimum absolute atomic E-state index is 0.0312. The third kappa shape index (κ3) is 7.54. The number of ether oxygens (including phenoxy) is 1. The van der Waals surface area contributed by atoms with E-state index in [9.17, 15) is 9.59 Å². The van der Waals surface area contributed by atoms with E-state index in [2.05, 4.69) is 21.9 Å². The van der Waals surface area contributed by atoms with Gasteiger partial charge in [-0.2, -0.15) is 0 Å². The standard InChI is InChI=1S/C10H18N2O3/c1-4-7-15-10(14)12-6-5-11-9(13)8(2)3/h4,8H,1,5-7H2,2-3H3,(H,11,13)(H,12,14). The van der Waals surface area contributed by atoms with Crippen molar-refractivity contribution in [3.8, 4) is 0 Å². The number of alkyl carbamates (subject to hydrolysis) is 1. The zero-order chi connectivity index (χ0) is 11.7. The molecule has 0 rings (SSSR count). The second-order valence-electron chi connectivity index (χ2n) is 3.26. The number of rotatable bonds is 6. The van der Waals surface area contributed by atoms with Crippen molar-refractivity contribution in [2.75, 3.05) is 19.7 Å². The Morgan fingerprint density at radius 3 is 2.47 bits per heavy atom. The molecule has 0 bridgehead atoms. The van der Waals surface area contributed by atoms with Gasteiger partial charge < -0.3 is 15.4 Å². The van der Waals surface area contributed by atoms with Crippen LogP contribution in [0.2, 0.25) is 0 Å². The van der Waals surface area contributed by atoms with E-state index >= 15 is 0 Å². The van der Waals surface area contributed by atoms with Gasteiger partial charge in [0.2, 0.25) is 5.91 Å². The molecular formula is C10H18N2O3. The molecule has 0 fully saturated rings. The van der Waals surface area contributed by atoms with Crippen LogP contribution in [0.4, 0.5) is 4.79 Å². The molecule has 5 nitrogen and oxygen atoms in total. The van der Waals surface area contributed by atoms with Crippen molar-refractivity contribution < 1.29 is 14.3 Å². The molecule has 0 radical (unpaired) electrons. The number of hydrogen-bond acceptors (Lipinski definition) is 3. The van der Waals surface area contributed by atoms with E-state index in [4.69, 9.17) is 0 Å². The molecule has 86 valence electrons. The van der Waals surface area contributed by atoms with Crippen LogP contribution in [0.25, 0.3) is 0 Å². The molecule has 2 amide bonds. The number of nitrogens with one attached hydrogen (secondary N) is 2. The number of hydrogen-bond donors (Lipinski definition) is 2. The quantitative estimate of drug-likeness (QED) is 0.504. The second-order valence-corrected chi connectivity index (χ2v) is 3.26. The normalized spacial score (nSPS) is 9.53. The molecule has 0 aromatic carbocycles. The molecule has 0 aliphatic carbocycles. The molecule has 0 saturated heterocycles. The lowest BCUT2D eigenvalue weighted by Gasteiger charge is -2.08. The highest BCUT2D eigenvalue weighted by Gasteiger charge is 2.05. The molecule has 15 heavy (non-hydrogen) atoms. The number of amides is 2. The molecule has 0 spiro atoms. The summed E-state index contributed by atoms with van der Waals surface area (Å²) in [5.74, 6) is -0.0750. The fourth-order valence-electron chi connectivity index (χ4n) is 0.740. The minimum atomic E-state index is -0.506. The molecule has 5 heteroatoms. The zero-order valence-electron chi connectivity index (χ0n) is 9.21. The molecule has 0 saturated carbocycles. The van der Waals surface area contributed by atoms with Crippen LogP contribution >= 0.6 is 0 Å². The topological polar surface area (TPSA) is 67.4 Å². The van der Waals surface area contributed by atoms with Crippen molar-refractivity contribution in [3.63, 3.8) is 0 Å². The van der Waals surface area contributed by atoms with E-state index in [1.807, 2.05) is 0 Å². The average molecular weight is 214 g/mol. The zero-order valence-corrected chi connectivity index (χ0v) is 9.21. The molecule has 0 atom stereocenters. The summed E-state index contributed by atoms with van der Waals surface area (Å²) in [5.41, 5.74) is 0. The lowest BCUT2D eigenvalue weighted by atomic mass is 10.2. The third-order valence-corrected chi connectivity index (χ3v) is 1.55. The van der Waals surface area contributed by atoms with Gasteiger partial charge in [-0.1, -0.05) is 26.5 Å². The minimum Gasteiger partial charge on any atom is -0.445 e. The van der Waals surface area contributed by atoms with E-state index < -0.39 is 6.09 Å². The first-order valence-electron chi connectivity index (χ1n) is 4.87. The second kappa shape index (κ2) is 7.84. The monoisotopic (exact) mass is 214 g/mol. The maximum atomic E-state index is 11.1. The van der Waals surface area contributed by atoms with Crippen LogP contribution in [0.1, 0.15) is 13.8 Å². The summed E-state index contributed by atoms with van der Waals surface area (Å²) >= 11 is 0. The van der Waals surface area contributed by atoms with Gasteiger partial charge in [-0.3, -0.25) is 4.79 Å². The SMILES string of the molecule is C=CCOC(=O)NCCNC(=O)C(C)C. The van der Waals surface area contributed by atoms with Crippen LogP contribution in [0.3, 0.4) is 0 Å². The Hall–Kier alpha value is -1.52. The molecule has 0 aromatic rings. The summed E-state index contributed by atoms with van der Waals surface area (Å²) in [7, 11) is 0. The Balaban J connectivity index is 3.42. The Morgan fingerprint density at radius 2 is 1.93 bits per heavy atom. The molecular weight excluding hydrogens is 196 g/mol. The predicted molar refractivity (Wildman–Crippen MR) is 57.4 cm³/mol. The van der Waals surface area contributed by atoms with Crippen LogP contribution in [0, 0.1) is 5.92 Å². The summed E-state index contributed by atoms with van der Waals surface area (Å²) < 4.78 is 4.66. The van der Waals surface area contributed by atoms with Crippen LogP contribution in [-0.2, 0) is 9.53 Å². The van der Waals surface area contributed by atoms with Gasteiger partial charge in [0.25, 0.3) is 0 Å². The summed E-state index contributed by atoms with van der Waals surface area (Å²) in [6.07, 6.45) is 0.980. The highest BCUT2D eigenvalue weighted by Crippen LogP contribution is 1.88.